The molecule has 5 heteroatoms. The van der Waals surface area contributed by atoms with Crippen LogP contribution in [0.1, 0.15) is 11.3 Å². The van der Waals surface area contributed by atoms with Crippen LogP contribution in [0.25, 0.3) is 6.08 Å². The first-order chi connectivity index (χ1) is 10.2. The summed E-state index contributed by atoms with van der Waals surface area (Å²) in [5.41, 5.74) is 2.43. The predicted molar refractivity (Wildman–Crippen MR) is 83.2 cm³/mol. The Labute approximate surface area is 123 Å². The maximum atomic E-state index is 11.7. The molecule has 0 aliphatic heterocycles. The number of carbonyl (C=O) groups is 1. The summed E-state index contributed by atoms with van der Waals surface area (Å²) < 4.78 is 5.22. The maximum Gasteiger partial charge on any atom is 0.323 e. The van der Waals surface area contributed by atoms with Crippen LogP contribution in [0.5, 0.6) is 5.75 Å². The summed E-state index contributed by atoms with van der Waals surface area (Å²) >= 11 is 0. The molecule has 0 atom stereocenters. The molecule has 0 aliphatic rings. The van der Waals surface area contributed by atoms with Crippen LogP contribution in [0, 0.1) is 6.92 Å². The van der Waals surface area contributed by atoms with Gasteiger partial charge in [0.15, 0.2) is 0 Å². The van der Waals surface area contributed by atoms with Gasteiger partial charge in [0.2, 0.25) is 0 Å². The number of rotatable bonds is 4. The first-order valence-corrected chi connectivity index (χ1v) is 6.49. The van der Waals surface area contributed by atoms with Crippen LogP contribution in [-0.2, 0) is 0 Å². The molecule has 1 aromatic heterocycles. The SMILES string of the molecule is COc1ccccc1/C=C/NC(=O)Nc1ccc(C)nc1. The average molecular weight is 283 g/mol. The molecule has 2 amide bonds. The van der Waals surface area contributed by atoms with Gasteiger partial charge in [0.25, 0.3) is 0 Å². The molecule has 0 fully saturated rings. The van der Waals surface area contributed by atoms with E-state index in [0.29, 0.717) is 5.69 Å². The molecular weight excluding hydrogens is 266 g/mol. The van der Waals surface area contributed by atoms with E-state index in [0.717, 1.165) is 17.0 Å². The number of amides is 2. The molecule has 5 nitrogen and oxygen atoms in total. The van der Waals surface area contributed by atoms with Crippen LogP contribution in [0.4, 0.5) is 10.5 Å². The van der Waals surface area contributed by atoms with E-state index >= 15 is 0 Å². The lowest BCUT2D eigenvalue weighted by molar-refractivity contribution is 0.255. The number of benzene rings is 1. The van der Waals surface area contributed by atoms with E-state index in [1.807, 2.05) is 37.3 Å². The van der Waals surface area contributed by atoms with Gasteiger partial charge in [0, 0.05) is 17.5 Å². The number of pyridine rings is 1. The van der Waals surface area contributed by atoms with Gasteiger partial charge in [0.05, 0.1) is 19.0 Å². The van der Waals surface area contributed by atoms with E-state index in [9.17, 15) is 4.79 Å². The summed E-state index contributed by atoms with van der Waals surface area (Å²) in [6.07, 6.45) is 4.94. The minimum absolute atomic E-state index is 0.327. The van der Waals surface area contributed by atoms with Gasteiger partial charge in [-0.15, -0.1) is 0 Å². The van der Waals surface area contributed by atoms with Crippen molar-refractivity contribution in [1.29, 1.82) is 0 Å². The third-order valence-corrected chi connectivity index (χ3v) is 2.79. The number of aryl methyl sites for hydroxylation is 1. The lowest BCUT2D eigenvalue weighted by Gasteiger charge is -2.05. The van der Waals surface area contributed by atoms with Gasteiger partial charge in [-0.2, -0.15) is 0 Å². The smallest absolute Gasteiger partial charge is 0.323 e. The Kier molecular flexibility index (Phi) is 4.93. The van der Waals surface area contributed by atoms with Crippen LogP contribution in [0.2, 0.25) is 0 Å². The lowest BCUT2D eigenvalue weighted by Crippen LogP contribution is -2.23. The fourth-order valence-electron chi connectivity index (χ4n) is 1.72. The quantitative estimate of drug-likeness (QED) is 0.905. The molecule has 0 spiro atoms. The Hall–Kier alpha value is -2.82. The number of nitrogens with one attached hydrogen (secondary N) is 2. The third kappa shape index (κ3) is 4.35. The van der Waals surface area contributed by atoms with E-state index in [1.165, 1.54) is 0 Å². The summed E-state index contributed by atoms with van der Waals surface area (Å²) in [6.45, 7) is 1.89. The number of para-hydroxylation sites is 1. The molecule has 108 valence electrons. The zero-order chi connectivity index (χ0) is 15.1. The number of urea groups is 1. The number of methoxy groups -OCH3 is 1. The molecule has 0 bridgehead atoms. The monoisotopic (exact) mass is 283 g/mol. The fraction of sp³-hybridized carbons (Fsp3) is 0.125. The third-order valence-electron chi connectivity index (χ3n) is 2.79. The Morgan fingerprint density at radius 1 is 1.24 bits per heavy atom. The fourth-order valence-corrected chi connectivity index (χ4v) is 1.72. The molecule has 2 rings (SSSR count). The summed E-state index contributed by atoms with van der Waals surface area (Å²) in [6, 6.07) is 10.9. The van der Waals surface area contributed by atoms with Crippen LogP contribution in [-0.4, -0.2) is 18.1 Å². The van der Waals surface area contributed by atoms with E-state index in [1.54, 1.807) is 31.6 Å². The van der Waals surface area contributed by atoms with Crippen molar-refractivity contribution in [2.45, 2.75) is 6.92 Å². The predicted octanol–water partition coefficient (Wildman–Crippen LogP) is 3.19. The number of nitrogens with zero attached hydrogens (tertiary/aromatic N) is 1. The van der Waals surface area contributed by atoms with Gasteiger partial charge in [-0.05, 0) is 31.2 Å². The summed E-state index contributed by atoms with van der Waals surface area (Å²) in [4.78, 5) is 15.8. The number of aromatic nitrogens is 1. The average Bonchev–Trinajstić information content (AvgIpc) is 2.50. The number of carbonyl (C=O) groups excluding carboxylic acids is 1. The highest BCUT2D eigenvalue weighted by Crippen LogP contribution is 2.18. The molecule has 2 N–H and O–H groups in total. The van der Waals surface area contributed by atoms with Crippen molar-refractivity contribution >= 4 is 17.8 Å². The normalized spacial score (nSPS) is 10.4. The van der Waals surface area contributed by atoms with Crippen molar-refractivity contribution in [3.63, 3.8) is 0 Å². The first kappa shape index (κ1) is 14.6. The van der Waals surface area contributed by atoms with Gasteiger partial charge in [-0.1, -0.05) is 18.2 Å². The van der Waals surface area contributed by atoms with E-state index in [4.69, 9.17) is 4.74 Å². The topological polar surface area (TPSA) is 63.2 Å². The van der Waals surface area contributed by atoms with Crippen molar-refractivity contribution in [2.75, 3.05) is 12.4 Å². The molecule has 1 heterocycles. The molecular formula is C16H17N3O2. The molecule has 0 unspecified atom stereocenters. The lowest BCUT2D eigenvalue weighted by atomic mass is 10.2. The van der Waals surface area contributed by atoms with Gasteiger partial charge >= 0.3 is 6.03 Å². The first-order valence-electron chi connectivity index (χ1n) is 6.49. The van der Waals surface area contributed by atoms with Gasteiger partial charge in [-0.3, -0.25) is 4.98 Å². The number of hydrogen-bond donors (Lipinski definition) is 2. The van der Waals surface area contributed by atoms with Crippen LogP contribution < -0.4 is 15.4 Å². The maximum absolute atomic E-state index is 11.7. The Balaban J connectivity index is 1.91. The molecule has 0 aliphatic carbocycles. The van der Waals surface area contributed by atoms with Gasteiger partial charge in [-0.25, -0.2) is 4.79 Å². The molecule has 21 heavy (non-hydrogen) atoms. The van der Waals surface area contributed by atoms with Crippen LogP contribution in [0.15, 0.2) is 48.8 Å². The van der Waals surface area contributed by atoms with E-state index < -0.39 is 0 Å². The zero-order valence-corrected chi connectivity index (χ0v) is 12.0. The Morgan fingerprint density at radius 2 is 2.05 bits per heavy atom. The van der Waals surface area contributed by atoms with Crippen LogP contribution in [0.3, 0.4) is 0 Å². The van der Waals surface area contributed by atoms with Gasteiger partial charge < -0.3 is 15.4 Å². The van der Waals surface area contributed by atoms with E-state index in [2.05, 4.69) is 15.6 Å². The highest BCUT2D eigenvalue weighted by atomic mass is 16.5. The minimum Gasteiger partial charge on any atom is -0.496 e. The molecule has 0 saturated carbocycles. The van der Waals surface area contributed by atoms with Crippen molar-refractivity contribution < 1.29 is 9.53 Å². The summed E-state index contributed by atoms with van der Waals surface area (Å²) in [5, 5.41) is 5.32. The number of anilines is 1. The highest BCUT2D eigenvalue weighted by Gasteiger charge is 2.00. The zero-order valence-electron chi connectivity index (χ0n) is 12.0. The molecule has 0 radical (unpaired) electrons. The van der Waals surface area contributed by atoms with Crippen molar-refractivity contribution in [1.82, 2.24) is 10.3 Å². The van der Waals surface area contributed by atoms with Gasteiger partial charge in [0.1, 0.15) is 5.75 Å². The molecule has 1 aromatic carbocycles. The van der Waals surface area contributed by atoms with Crippen molar-refractivity contribution in [3.8, 4) is 5.75 Å². The summed E-state index contributed by atoms with van der Waals surface area (Å²) in [7, 11) is 1.61. The summed E-state index contributed by atoms with van der Waals surface area (Å²) in [5.74, 6) is 0.749. The van der Waals surface area contributed by atoms with Crippen molar-refractivity contribution in [2.24, 2.45) is 0 Å². The van der Waals surface area contributed by atoms with Crippen LogP contribution >= 0.6 is 0 Å². The second kappa shape index (κ2) is 7.09. The Morgan fingerprint density at radius 3 is 2.76 bits per heavy atom. The largest absolute Gasteiger partial charge is 0.496 e. The molecule has 2 aromatic rings. The van der Waals surface area contributed by atoms with Crippen molar-refractivity contribution in [3.05, 3.63) is 60.1 Å². The second-order valence-corrected chi connectivity index (χ2v) is 4.36. The number of hydrogen-bond acceptors (Lipinski definition) is 3. The van der Waals surface area contributed by atoms with E-state index in [-0.39, 0.29) is 6.03 Å². The minimum atomic E-state index is -0.327. The number of ether oxygens (including phenoxy) is 1. The standard InChI is InChI=1S/C16H17N3O2/c1-12-7-8-14(11-18-12)19-16(20)17-10-9-13-5-3-4-6-15(13)21-2/h3-11H,1-2H3,(H2,17,19,20)/b10-9+. The molecule has 0 saturated heterocycles. The highest BCUT2D eigenvalue weighted by molar-refractivity contribution is 5.90. The Bertz CT molecular complexity index is 636. The second-order valence-electron chi connectivity index (χ2n) is 4.36.